The molecule has 88 valence electrons. The molecule has 0 saturated heterocycles. The first-order valence-corrected chi connectivity index (χ1v) is 5.25. The number of aliphatic hydroxyl groups excluding tert-OH is 2. The van der Waals surface area contributed by atoms with Crippen LogP contribution in [0.2, 0.25) is 0 Å². The van der Waals surface area contributed by atoms with Gasteiger partial charge >= 0.3 is 0 Å². The number of carbonyl (C=O) groups excluding carboxylic acids is 1. The Morgan fingerprint density at radius 3 is 2.56 bits per heavy atom. The van der Waals surface area contributed by atoms with Crippen LogP contribution in [0.15, 0.2) is 22.7 Å². The quantitative estimate of drug-likeness (QED) is 0.745. The molecule has 1 rings (SSSR count). The third kappa shape index (κ3) is 2.72. The fraction of sp³-hybridized carbons (Fsp3) is 0.300. The molecule has 4 N–H and O–H groups in total. The number of halogens is 1. The Morgan fingerprint density at radius 1 is 1.50 bits per heavy atom. The second kappa shape index (κ2) is 5.29. The molecule has 0 radical (unpaired) electrons. The summed E-state index contributed by atoms with van der Waals surface area (Å²) in [5.74, 6) is -0.385. The maximum Gasteiger partial charge on any atom is 0.249 e. The average Bonchev–Trinajstić information content (AvgIpc) is 2.26. The predicted molar refractivity (Wildman–Crippen MR) is 60.9 cm³/mol. The molecular formula is C10H12BrNO4. The summed E-state index contributed by atoms with van der Waals surface area (Å²) in [7, 11) is 1.51. The molecular weight excluding hydrogens is 278 g/mol. The van der Waals surface area contributed by atoms with Gasteiger partial charge in [-0.25, -0.2) is 0 Å². The lowest BCUT2D eigenvalue weighted by molar-refractivity contribution is -0.131. The van der Waals surface area contributed by atoms with Gasteiger partial charge in [-0.1, -0.05) is 6.07 Å². The Labute approximate surface area is 101 Å². The zero-order valence-electron chi connectivity index (χ0n) is 8.55. The molecule has 0 fully saturated rings. The van der Waals surface area contributed by atoms with Crippen molar-refractivity contribution in [2.75, 3.05) is 7.11 Å². The van der Waals surface area contributed by atoms with E-state index in [2.05, 4.69) is 15.9 Å². The monoisotopic (exact) mass is 289 g/mol. The molecule has 1 aromatic rings. The van der Waals surface area contributed by atoms with Crippen LogP contribution < -0.4 is 10.5 Å². The van der Waals surface area contributed by atoms with Crippen molar-refractivity contribution in [3.8, 4) is 5.75 Å². The highest BCUT2D eigenvalue weighted by molar-refractivity contribution is 9.10. The van der Waals surface area contributed by atoms with Crippen LogP contribution in [0.25, 0.3) is 0 Å². The van der Waals surface area contributed by atoms with E-state index in [1.165, 1.54) is 7.11 Å². The molecule has 5 nitrogen and oxygen atoms in total. The van der Waals surface area contributed by atoms with Crippen LogP contribution in [0, 0.1) is 0 Å². The Kier molecular flexibility index (Phi) is 4.28. The van der Waals surface area contributed by atoms with E-state index >= 15 is 0 Å². The van der Waals surface area contributed by atoms with E-state index in [1.807, 2.05) is 0 Å². The summed E-state index contributed by atoms with van der Waals surface area (Å²) < 4.78 is 5.62. The number of amides is 1. The lowest BCUT2D eigenvalue weighted by atomic mass is 10.0. The third-order valence-electron chi connectivity index (χ3n) is 2.11. The molecule has 1 amide bonds. The number of carbonyl (C=O) groups is 1. The van der Waals surface area contributed by atoms with Gasteiger partial charge in [0.05, 0.1) is 11.6 Å². The van der Waals surface area contributed by atoms with E-state index in [4.69, 9.17) is 10.5 Å². The highest BCUT2D eigenvalue weighted by atomic mass is 79.9. The summed E-state index contributed by atoms with van der Waals surface area (Å²) in [5, 5.41) is 18.9. The number of nitrogens with two attached hydrogens (primary N) is 1. The molecule has 2 atom stereocenters. The highest BCUT2D eigenvalue weighted by Crippen LogP contribution is 2.28. The molecule has 0 aliphatic heterocycles. The van der Waals surface area contributed by atoms with Gasteiger partial charge in [0.25, 0.3) is 0 Å². The normalized spacial score (nSPS) is 14.2. The average molecular weight is 290 g/mol. The van der Waals surface area contributed by atoms with Crippen molar-refractivity contribution in [1.29, 1.82) is 0 Å². The molecule has 0 aromatic heterocycles. The maximum atomic E-state index is 10.7. The molecule has 0 saturated carbocycles. The zero-order chi connectivity index (χ0) is 12.3. The molecule has 6 heteroatoms. The van der Waals surface area contributed by atoms with Crippen LogP contribution in [-0.2, 0) is 4.79 Å². The zero-order valence-corrected chi connectivity index (χ0v) is 10.1. The standard InChI is InChI=1S/C10H12BrNO4/c1-16-7-3-2-5(4-6(7)11)8(13)9(14)10(12)15/h2-4,8-9,13-14H,1H3,(H2,12,15). The van der Waals surface area contributed by atoms with Crippen molar-refractivity contribution in [3.05, 3.63) is 28.2 Å². The van der Waals surface area contributed by atoms with Gasteiger partial charge in [-0.3, -0.25) is 4.79 Å². The number of hydrogen-bond donors (Lipinski definition) is 3. The second-order valence-corrected chi connectivity index (χ2v) is 4.04. The Morgan fingerprint density at radius 2 is 2.12 bits per heavy atom. The summed E-state index contributed by atoms with van der Waals surface area (Å²) in [5.41, 5.74) is 5.26. The largest absolute Gasteiger partial charge is 0.496 e. The molecule has 0 spiro atoms. The van der Waals surface area contributed by atoms with Crippen LogP contribution in [0.5, 0.6) is 5.75 Å². The molecule has 0 aliphatic rings. The van der Waals surface area contributed by atoms with Gasteiger partial charge in [0.1, 0.15) is 11.9 Å². The third-order valence-corrected chi connectivity index (χ3v) is 2.73. The first kappa shape index (κ1) is 13.0. The van der Waals surface area contributed by atoms with Gasteiger partial charge in [-0.2, -0.15) is 0 Å². The maximum absolute atomic E-state index is 10.7. The Hall–Kier alpha value is -1.11. The molecule has 0 heterocycles. The molecule has 1 aromatic carbocycles. The van der Waals surface area contributed by atoms with Gasteiger partial charge in [-0.05, 0) is 33.6 Å². The summed E-state index contributed by atoms with van der Waals surface area (Å²) in [6, 6.07) is 4.70. The van der Waals surface area contributed by atoms with E-state index in [-0.39, 0.29) is 0 Å². The minimum Gasteiger partial charge on any atom is -0.496 e. The van der Waals surface area contributed by atoms with Crippen molar-refractivity contribution in [3.63, 3.8) is 0 Å². The summed E-state index contributed by atoms with van der Waals surface area (Å²) >= 11 is 3.23. The van der Waals surface area contributed by atoms with Crippen LogP contribution in [0.1, 0.15) is 11.7 Å². The molecule has 2 unspecified atom stereocenters. The lowest BCUT2D eigenvalue weighted by Crippen LogP contribution is -2.33. The lowest BCUT2D eigenvalue weighted by Gasteiger charge is -2.16. The molecule has 16 heavy (non-hydrogen) atoms. The number of rotatable bonds is 4. The fourth-order valence-corrected chi connectivity index (χ4v) is 1.76. The minimum absolute atomic E-state index is 0.374. The SMILES string of the molecule is COc1ccc(C(O)C(O)C(N)=O)cc1Br. The van der Waals surface area contributed by atoms with Gasteiger partial charge < -0.3 is 20.7 Å². The molecule has 0 bridgehead atoms. The van der Waals surface area contributed by atoms with Crippen molar-refractivity contribution in [2.45, 2.75) is 12.2 Å². The first-order chi connectivity index (χ1) is 7.47. The van der Waals surface area contributed by atoms with Crippen LogP contribution in [0.4, 0.5) is 0 Å². The van der Waals surface area contributed by atoms with E-state index in [0.717, 1.165) is 0 Å². The van der Waals surface area contributed by atoms with Crippen LogP contribution >= 0.6 is 15.9 Å². The number of primary amides is 1. The van der Waals surface area contributed by atoms with Gasteiger partial charge in [-0.15, -0.1) is 0 Å². The van der Waals surface area contributed by atoms with E-state index in [0.29, 0.717) is 15.8 Å². The van der Waals surface area contributed by atoms with Crippen LogP contribution in [-0.4, -0.2) is 29.3 Å². The number of aliphatic hydroxyl groups is 2. The number of methoxy groups -OCH3 is 1. The minimum atomic E-state index is -1.62. The highest BCUT2D eigenvalue weighted by Gasteiger charge is 2.23. The van der Waals surface area contributed by atoms with Crippen molar-refractivity contribution in [1.82, 2.24) is 0 Å². The van der Waals surface area contributed by atoms with Crippen LogP contribution in [0.3, 0.4) is 0 Å². The summed E-state index contributed by atoms with van der Waals surface area (Å²) in [6.45, 7) is 0. The summed E-state index contributed by atoms with van der Waals surface area (Å²) in [4.78, 5) is 10.7. The predicted octanol–water partition coefficient (Wildman–Crippen LogP) is 0.337. The Bertz CT molecular complexity index is 396. The van der Waals surface area contributed by atoms with Gasteiger partial charge in [0.15, 0.2) is 6.10 Å². The van der Waals surface area contributed by atoms with E-state index in [9.17, 15) is 15.0 Å². The summed E-state index contributed by atoms with van der Waals surface area (Å²) in [6.07, 6.45) is -2.97. The van der Waals surface area contributed by atoms with Gasteiger partial charge in [0.2, 0.25) is 5.91 Å². The number of hydrogen-bond acceptors (Lipinski definition) is 4. The first-order valence-electron chi connectivity index (χ1n) is 4.46. The second-order valence-electron chi connectivity index (χ2n) is 3.19. The van der Waals surface area contributed by atoms with Crippen molar-refractivity contribution >= 4 is 21.8 Å². The topological polar surface area (TPSA) is 92.8 Å². The van der Waals surface area contributed by atoms with E-state index in [1.54, 1.807) is 18.2 Å². The van der Waals surface area contributed by atoms with E-state index < -0.39 is 18.1 Å². The van der Waals surface area contributed by atoms with Crippen molar-refractivity contribution < 1.29 is 19.7 Å². The number of ether oxygens (including phenoxy) is 1. The fourth-order valence-electron chi connectivity index (χ4n) is 1.20. The molecule has 0 aliphatic carbocycles. The van der Waals surface area contributed by atoms with Crippen molar-refractivity contribution in [2.24, 2.45) is 5.73 Å². The number of benzene rings is 1. The Balaban J connectivity index is 2.97. The van der Waals surface area contributed by atoms with Gasteiger partial charge in [0, 0.05) is 0 Å². The smallest absolute Gasteiger partial charge is 0.249 e.